The van der Waals surface area contributed by atoms with Gasteiger partial charge in [0.25, 0.3) is 0 Å². The van der Waals surface area contributed by atoms with Crippen molar-refractivity contribution in [3.8, 4) is 11.5 Å². The SMILES string of the molecule is CC(C)(C)[Si](C)(C)Oc1ccc(C(=O)C2=CN(c3cccc(Cl)c3)CC=C2)c(O)c1. The summed E-state index contributed by atoms with van der Waals surface area (Å²) in [6.45, 7) is 11.4. The molecule has 1 N–H and O–H groups in total. The van der Waals surface area contributed by atoms with Crippen LogP contribution in [0.5, 0.6) is 11.5 Å². The Bertz CT molecular complexity index is 1020. The van der Waals surface area contributed by atoms with E-state index in [1.165, 1.54) is 6.07 Å². The lowest BCUT2D eigenvalue weighted by molar-refractivity contribution is 0.103. The number of halogens is 1. The number of carbonyl (C=O) groups excluding carboxylic acids is 1. The Morgan fingerprint density at radius 1 is 1.17 bits per heavy atom. The number of hydrogen-bond donors (Lipinski definition) is 1. The summed E-state index contributed by atoms with van der Waals surface area (Å²) in [5, 5.41) is 11.2. The number of hydrogen-bond acceptors (Lipinski definition) is 4. The number of rotatable bonds is 5. The molecule has 6 heteroatoms. The summed E-state index contributed by atoms with van der Waals surface area (Å²) < 4.78 is 6.23. The summed E-state index contributed by atoms with van der Waals surface area (Å²) in [6, 6.07) is 12.4. The number of ketones is 1. The van der Waals surface area contributed by atoms with Crippen molar-refractivity contribution in [2.45, 2.75) is 38.9 Å². The van der Waals surface area contributed by atoms with E-state index in [1.54, 1.807) is 24.4 Å². The van der Waals surface area contributed by atoms with Crippen LogP contribution in [-0.4, -0.2) is 25.8 Å². The number of carbonyl (C=O) groups is 1. The van der Waals surface area contributed by atoms with Crippen LogP contribution in [0, 0.1) is 0 Å². The fourth-order valence-electron chi connectivity index (χ4n) is 2.90. The molecule has 0 saturated carbocycles. The van der Waals surface area contributed by atoms with Crippen molar-refractivity contribution in [3.05, 3.63) is 77.0 Å². The molecule has 0 aliphatic carbocycles. The highest BCUT2D eigenvalue weighted by molar-refractivity contribution is 6.74. The van der Waals surface area contributed by atoms with Gasteiger partial charge in [-0.05, 0) is 48.5 Å². The number of nitrogens with zero attached hydrogens (tertiary/aromatic N) is 1. The average Bonchev–Trinajstić information content (AvgIpc) is 2.66. The fourth-order valence-corrected chi connectivity index (χ4v) is 4.10. The Hall–Kier alpha value is -2.50. The number of allylic oxidation sites excluding steroid dienone is 2. The number of phenolic OH excluding ortho intramolecular Hbond substituents is 1. The molecule has 0 fully saturated rings. The lowest BCUT2D eigenvalue weighted by Crippen LogP contribution is -2.43. The van der Waals surface area contributed by atoms with Crippen LogP contribution in [0.25, 0.3) is 0 Å². The van der Waals surface area contributed by atoms with Crippen LogP contribution in [-0.2, 0) is 0 Å². The summed E-state index contributed by atoms with van der Waals surface area (Å²) in [5.74, 6) is 0.268. The van der Waals surface area contributed by atoms with E-state index in [0.717, 1.165) is 5.69 Å². The maximum atomic E-state index is 13.1. The Balaban J connectivity index is 1.84. The molecule has 1 aliphatic heterocycles. The second kappa shape index (κ2) is 8.32. The lowest BCUT2D eigenvalue weighted by Gasteiger charge is -2.36. The van der Waals surface area contributed by atoms with Crippen LogP contribution in [0.3, 0.4) is 0 Å². The van der Waals surface area contributed by atoms with Gasteiger partial charge in [0.2, 0.25) is 8.32 Å². The normalized spacial score (nSPS) is 14.5. The number of benzene rings is 2. The third kappa shape index (κ3) is 4.79. The van der Waals surface area contributed by atoms with Crippen LogP contribution < -0.4 is 9.33 Å². The first kappa shape index (κ1) is 22.2. The van der Waals surface area contributed by atoms with E-state index in [4.69, 9.17) is 16.0 Å². The van der Waals surface area contributed by atoms with Crippen molar-refractivity contribution < 1.29 is 14.3 Å². The average molecular weight is 442 g/mol. The van der Waals surface area contributed by atoms with Gasteiger partial charge in [0.15, 0.2) is 5.78 Å². The zero-order valence-electron chi connectivity index (χ0n) is 18.1. The van der Waals surface area contributed by atoms with Crippen LogP contribution in [0.15, 0.2) is 66.4 Å². The molecule has 0 spiro atoms. The van der Waals surface area contributed by atoms with Gasteiger partial charge in [-0.1, -0.05) is 50.6 Å². The molecule has 4 nitrogen and oxygen atoms in total. The standard InChI is InChI=1S/C24H28ClNO3Si/c1-24(2,3)30(4,5)29-20-11-12-21(22(27)15-20)23(28)17-8-7-13-26(16-17)19-10-6-9-18(25)14-19/h6-12,14-16,27H,13H2,1-5H3. The Labute approximate surface area is 184 Å². The van der Waals surface area contributed by atoms with Gasteiger partial charge < -0.3 is 14.4 Å². The summed E-state index contributed by atoms with van der Waals surface area (Å²) in [5.41, 5.74) is 1.65. The van der Waals surface area contributed by atoms with Gasteiger partial charge in [0, 0.05) is 35.1 Å². The summed E-state index contributed by atoms with van der Waals surface area (Å²) in [7, 11) is -2.03. The van der Waals surface area contributed by atoms with E-state index in [2.05, 4.69) is 33.9 Å². The van der Waals surface area contributed by atoms with Crippen LogP contribution in [0.1, 0.15) is 31.1 Å². The molecule has 2 aromatic rings. The molecule has 3 rings (SSSR count). The molecule has 0 bridgehead atoms. The molecule has 0 radical (unpaired) electrons. The number of aromatic hydroxyl groups is 1. The van der Waals surface area contributed by atoms with Crippen molar-refractivity contribution in [1.82, 2.24) is 0 Å². The van der Waals surface area contributed by atoms with E-state index in [0.29, 0.717) is 22.9 Å². The number of phenols is 1. The van der Waals surface area contributed by atoms with Crippen molar-refractivity contribution in [2.75, 3.05) is 11.4 Å². The molecular formula is C24H28ClNO3Si. The molecule has 30 heavy (non-hydrogen) atoms. The highest BCUT2D eigenvalue weighted by Crippen LogP contribution is 2.38. The third-order valence-electron chi connectivity index (χ3n) is 5.69. The Kier molecular flexibility index (Phi) is 6.15. The minimum atomic E-state index is -2.03. The van der Waals surface area contributed by atoms with Crippen molar-refractivity contribution in [3.63, 3.8) is 0 Å². The predicted molar refractivity (Wildman–Crippen MR) is 126 cm³/mol. The zero-order chi connectivity index (χ0) is 22.1. The quantitative estimate of drug-likeness (QED) is 0.421. The lowest BCUT2D eigenvalue weighted by atomic mass is 10.0. The van der Waals surface area contributed by atoms with Crippen molar-refractivity contribution >= 4 is 31.4 Å². The van der Waals surface area contributed by atoms with Crippen LogP contribution >= 0.6 is 11.6 Å². The maximum Gasteiger partial charge on any atom is 0.250 e. The van der Waals surface area contributed by atoms with E-state index < -0.39 is 8.32 Å². The molecule has 0 saturated heterocycles. The van der Waals surface area contributed by atoms with Crippen molar-refractivity contribution in [2.24, 2.45) is 0 Å². The second-order valence-electron chi connectivity index (χ2n) is 8.99. The van der Waals surface area contributed by atoms with Gasteiger partial charge in [-0.2, -0.15) is 0 Å². The second-order valence-corrected chi connectivity index (χ2v) is 14.2. The topological polar surface area (TPSA) is 49.8 Å². The van der Waals surface area contributed by atoms with Gasteiger partial charge in [-0.25, -0.2) is 0 Å². The molecule has 0 amide bonds. The first-order chi connectivity index (χ1) is 14.0. The molecule has 2 aromatic carbocycles. The minimum absolute atomic E-state index is 0.0403. The molecular weight excluding hydrogens is 414 g/mol. The highest BCUT2D eigenvalue weighted by atomic mass is 35.5. The van der Waals surface area contributed by atoms with E-state index in [9.17, 15) is 9.90 Å². The van der Waals surface area contributed by atoms with Gasteiger partial charge in [-0.15, -0.1) is 0 Å². The monoisotopic (exact) mass is 441 g/mol. The van der Waals surface area contributed by atoms with Crippen molar-refractivity contribution in [1.29, 1.82) is 0 Å². The maximum absolute atomic E-state index is 13.1. The summed E-state index contributed by atoms with van der Waals surface area (Å²) in [6.07, 6.45) is 5.48. The smallest absolute Gasteiger partial charge is 0.250 e. The van der Waals surface area contributed by atoms with Gasteiger partial charge in [-0.3, -0.25) is 4.79 Å². The van der Waals surface area contributed by atoms with Crippen LogP contribution in [0.4, 0.5) is 5.69 Å². The van der Waals surface area contributed by atoms with E-state index in [1.807, 2.05) is 35.2 Å². The van der Waals surface area contributed by atoms with E-state index in [-0.39, 0.29) is 22.1 Å². The van der Waals surface area contributed by atoms with Gasteiger partial charge >= 0.3 is 0 Å². The summed E-state index contributed by atoms with van der Waals surface area (Å²) >= 11 is 6.09. The Morgan fingerprint density at radius 3 is 2.53 bits per heavy atom. The Morgan fingerprint density at radius 2 is 1.90 bits per heavy atom. The highest BCUT2D eigenvalue weighted by Gasteiger charge is 2.39. The number of Topliss-reactive ketones (excluding diaryl/α,β-unsaturated/α-hetero) is 1. The number of anilines is 1. The van der Waals surface area contributed by atoms with Gasteiger partial charge in [0.05, 0.1) is 5.56 Å². The van der Waals surface area contributed by atoms with Gasteiger partial charge in [0.1, 0.15) is 11.5 Å². The molecule has 0 aromatic heterocycles. The predicted octanol–water partition coefficient (Wildman–Crippen LogP) is 6.57. The fraction of sp³-hybridized carbons (Fsp3) is 0.292. The first-order valence-electron chi connectivity index (χ1n) is 9.95. The van der Waals surface area contributed by atoms with Crippen LogP contribution in [0.2, 0.25) is 23.2 Å². The zero-order valence-corrected chi connectivity index (χ0v) is 19.8. The minimum Gasteiger partial charge on any atom is -0.543 e. The molecule has 1 aliphatic rings. The first-order valence-corrected chi connectivity index (χ1v) is 13.2. The third-order valence-corrected chi connectivity index (χ3v) is 10.3. The largest absolute Gasteiger partial charge is 0.543 e. The summed E-state index contributed by atoms with van der Waals surface area (Å²) in [4.78, 5) is 15.0. The molecule has 158 valence electrons. The van der Waals surface area contributed by atoms with E-state index >= 15 is 0 Å². The molecule has 0 unspecified atom stereocenters. The molecule has 1 heterocycles. The molecule has 0 atom stereocenters.